The van der Waals surface area contributed by atoms with Gasteiger partial charge in [0.05, 0.1) is 33.6 Å². The Morgan fingerprint density at radius 2 is 1.74 bits per heavy atom. The summed E-state index contributed by atoms with van der Waals surface area (Å²) in [6.07, 6.45) is 0. The lowest BCUT2D eigenvalue weighted by molar-refractivity contribution is 0.0950. The van der Waals surface area contributed by atoms with Crippen LogP contribution in [0, 0.1) is 0 Å². The van der Waals surface area contributed by atoms with Crippen molar-refractivity contribution in [2.24, 2.45) is 0 Å². The third-order valence-corrected chi connectivity index (χ3v) is 7.03. The highest BCUT2D eigenvalue weighted by Gasteiger charge is 2.24. The highest BCUT2D eigenvalue weighted by atomic mass is 32.1. The van der Waals surface area contributed by atoms with E-state index in [4.69, 9.17) is 4.74 Å². The predicted octanol–water partition coefficient (Wildman–Crippen LogP) is 3.97. The van der Waals surface area contributed by atoms with E-state index in [1.54, 1.807) is 24.3 Å². The number of hydrogen-bond donors (Lipinski definition) is 2. The first-order chi connectivity index (χ1) is 16.9. The lowest BCUT2D eigenvalue weighted by Gasteiger charge is -2.12. The highest BCUT2D eigenvalue weighted by Crippen LogP contribution is 2.35. The van der Waals surface area contributed by atoms with Gasteiger partial charge >= 0.3 is 0 Å². The molecule has 35 heavy (non-hydrogen) atoms. The maximum atomic E-state index is 13.8. The number of Topliss-reactive ketones (excluding diaryl/α,β-unsaturated/α-hetero) is 1. The highest BCUT2D eigenvalue weighted by molar-refractivity contribution is 7.22. The fraction of sp³-hybridized carbons (Fsp3) is 0.296. The molecular weight excluding hydrogens is 462 g/mol. The zero-order chi connectivity index (χ0) is 24.9. The van der Waals surface area contributed by atoms with Gasteiger partial charge in [-0.2, -0.15) is 0 Å². The number of methoxy groups -OCH3 is 1. The molecule has 2 heterocycles. The van der Waals surface area contributed by atoms with E-state index in [0.717, 1.165) is 10.1 Å². The number of nitrogens with one attached hydrogen (secondary N) is 2. The zero-order valence-corrected chi connectivity index (χ0v) is 20.9. The van der Waals surface area contributed by atoms with Crippen molar-refractivity contribution in [2.45, 2.75) is 33.0 Å². The Morgan fingerprint density at radius 1 is 1.03 bits per heavy atom. The Hall–Kier alpha value is -3.33. The van der Waals surface area contributed by atoms with Gasteiger partial charge in [0.15, 0.2) is 5.78 Å². The number of nitrogens with zero attached hydrogens (tertiary/aromatic N) is 1. The van der Waals surface area contributed by atoms with Crippen LogP contribution in [0.2, 0.25) is 0 Å². The number of carbonyl (C=O) groups is 2. The smallest absolute Gasteiger partial charge is 0.261 e. The molecule has 0 saturated heterocycles. The molecule has 182 valence electrons. The van der Waals surface area contributed by atoms with Gasteiger partial charge in [0.1, 0.15) is 0 Å². The SMILES string of the molecule is COCc1c(C(=O)NCCNC(C)C)sc2c1c(=O)n(CC(=O)c1ccccc1)c1ccccc21. The van der Waals surface area contributed by atoms with Crippen LogP contribution in [0.5, 0.6) is 0 Å². The van der Waals surface area contributed by atoms with Gasteiger partial charge in [-0.3, -0.25) is 19.0 Å². The number of rotatable bonds is 10. The van der Waals surface area contributed by atoms with E-state index in [-0.39, 0.29) is 30.4 Å². The van der Waals surface area contributed by atoms with Crippen molar-refractivity contribution < 1.29 is 14.3 Å². The number of ether oxygens (including phenoxy) is 1. The zero-order valence-electron chi connectivity index (χ0n) is 20.1. The van der Waals surface area contributed by atoms with Gasteiger partial charge in [0, 0.05) is 42.8 Å². The molecule has 1 amide bonds. The Morgan fingerprint density at radius 3 is 2.46 bits per heavy atom. The molecule has 2 N–H and O–H groups in total. The van der Waals surface area contributed by atoms with Gasteiger partial charge in [0.2, 0.25) is 0 Å². The Bertz CT molecular complexity index is 1420. The molecule has 0 aliphatic rings. The van der Waals surface area contributed by atoms with Crippen LogP contribution in [-0.2, 0) is 17.9 Å². The molecule has 0 aliphatic heterocycles. The molecule has 0 saturated carbocycles. The van der Waals surface area contributed by atoms with Crippen molar-refractivity contribution >= 4 is 44.0 Å². The molecule has 4 rings (SSSR count). The topological polar surface area (TPSA) is 89.4 Å². The summed E-state index contributed by atoms with van der Waals surface area (Å²) in [5.74, 6) is -0.393. The molecule has 0 radical (unpaired) electrons. The molecule has 0 aliphatic carbocycles. The van der Waals surface area contributed by atoms with Gasteiger partial charge < -0.3 is 15.4 Å². The minimum Gasteiger partial charge on any atom is -0.380 e. The van der Waals surface area contributed by atoms with Gasteiger partial charge in [0.25, 0.3) is 11.5 Å². The maximum Gasteiger partial charge on any atom is 0.261 e. The van der Waals surface area contributed by atoms with Crippen molar-refractivity contribution in [1.82, 2.24) is 15.2 Å². The van der Waals surface area contributed by atoms with Crippen molar-refractivity contribution in [2.75, 3.05) is 20.2 Å². The van der Waals surface area contributed by atoms with E-state index in [1.165, 1.54) is 23.0 Å². The van der Waals surface area contributed by atoms with Crippen LogP contribution in [0.3, 0.4) is 0 Å². The van der Waals surface area contributed by atoms with Crippen molar-refractivity contribution in [3.05, 3.63) is 81.0 Å². The largest absolute Gasteiger partial charge is 0.380 e. The maximum absolute atomic E-state index is 13.8. The summed E-state index contributed by atoms with van der Waals surface area (Å²) in [4.78, 5) is 40.4. The number of benzene rings is 2. The third kappa shape index (κ3) is 5.19. The lowest BCUT2D eigenvalue weighted by atomic mass is 10.1. The number of ketones is 1. The van der Waals surface area contributed by atoms with E-state index in [2.05, 4.69) is 10.6 Å². The summed E-state index contributed by atoms with van der Waals surface area (Å²) in [5.41, 5.74) is 1.46. The second kappa shape index (κ2) is 10.9. The molecule has 0 spiro atoms. The van der Waals surface area contributed by atoms with Crippen LogP contribution in [0.1, 0.15) is 39.4 Å². The summed E-state index contributed by atoms with van der Waals surface area (Å²) >= 11 is 1.29. The van der Waals surface area contributed by atoms with Gasteiger partial charge in [-0.05, 0) is 6.07 Å². The van der Waals surface area contributed by atoms with Gasteiger partial charge in [-0.15, -0.1) is 11.3 Å². The molecule has 7 nitrogen and oxygen atoms in total. The fourth-order valence-corrected chi connectivity index (χ4v) is 5.37. The Labute approximate surface area is 207 Å². The average Bonchev–Trinajstić information content (AvgIpc) is 3.24. The molecular formula is C27H29N3O4S. The first-order valence-electron chi connectivity index (χ1n) is 11.6. The second-order valence-electron chi connectivity index (χ2n) is 8.61. The Balaban J connectivity index is 1.82. The van der Waals surface area contributed by atoms with Crippen molar-refractivity contribution in [3.63, 3.8) is 0 Å². The van der Waals surface area contributed by atoms with E-state index in [1.807, 2.05) is 44.2 Å². The monoisotopic (exact) mass is 491 g/mol. The van der Waals surface area contributed by atoms with Crippen LogP contribution in [0.4, 0.5) is 0 Å². The molecule has 2 aromatic heterocycles. The van der Waals surface area contributed by atoms with Crippen LogP contribution >= 0.6 is 11.3 Å². The normalized spacial score (nSPS) is 11.4. The number of hydrogen-bond acceptors (Lipinski definition) is 6. The van der Waals surface area contributed by atoms with Crippen LogP contribution in [-0.4, -0.2) is 42.5 Å². The molecule has 0 atom stereocenters. The molecule has 0 bridgehead atoms. The summed E-state index contributed by atoms with van der Waals surface area (Å²) in [6.45, 7) is 5.23. The second-order valence-corrected chi connectivity index (χ2v) is 9.63. The van der Waals surface area contributed by atoms with E-state index >= 15 is 0 Å². The minimum atomic E-state index is -0.299. The van der Waals surface area contributed by atoms with Crippen molar-refractivity contribution in [1.29, 1.82) is 0 Å². The quantitative estimate of drug-likeness (QED) is 0.259. The van der Waals surface area contributed by atoms with E-state index in [9.17, 15) is 14.4 Å². The van der Waals surface area contributed by atoms with E-state index in [0.29, 0.717) is 46.0 Å². The standard InChI is InChI=1S/C27H29N3O4S/c1-17(2)28-13-14-29-26(32)25-20(16-34-3)23-24(35-25)19-11-7-8-12-21(19)30(27(23)33)15-22(31)18-9-5-4-6-10-18/h4-12,17,28H,13-16H2,1-3H3,(H,29,32). The summed E-state index contributed by atoms with van der Waals surface area (Å²) in [7, 11) is 1.54. The minimum absolute atomic E-state index is 0.0933. The predicted molar refractivity (Wildman–Crippen MR) is 141 cm³/mol. The molecule has 2 aromatic carbocycles. The van der Waals surface area contributed by atoms with E-state index < -0.39 is 0 Å². The average molecular weight is 492 g/mol. The van der Waals surface area contributed by atoms with Gasteiger partial charge in [-0.25, -0.2) is 0 Å². The Kier molecular flexibility index (Phi) is 7.75. The molecule has 4 aromatic rings. The molecule has 0 fully saturated rings. The fourth-order valence-electron chi connectivity index (χ4n) is 4.13. The number of aromatic nitrogens is 1. The number of carbonyl (C=O) groups excluding carboxylic acids is 2. The number of fused-ring (bicyclic) bond motifs is 3. The molecule has 8 heteroatoms. The van der Waals surface area contributed by atoms with Crippen molar-refractivity contribution in [3.8, 4) is 0 Å². The summed E-state index contributed by atoms with van der Waals surface area (Å²) < 4.78 is 7.63. The van der Waals surface area contributed by atoms with Crippen LogP contribution < -0.4 is 16.2 Å². The number of thiophene rings is 1. The third-order valence-electron chi connectivity index (χ3n) is 5.76. The first-order valence-corrected chi connectivity index (χ1v) is 12.4. The number of para-hydroxylation sites is 1. The molecule has 0 unspecified atom stereocenters. The van der Waals surface area contributed by atoms with Gasteiger partial charge in [-0.1, -0.05) is 62.4 Å². The van der Waals surface area contributed by atoms with Crippen LogP contribution in [0.25, 0.3) is 21.0 Å². The lowest BCUT2D eigenvalue weighted by Crippen LogP contribution is -2.34. The summed E-state index contributed by atoms with van der Waals surface area (Å²) in [6, 6.07) is 16.7. The van der Waals surface area contributed by atoms with Crippen LogP contribution in [0.15, 0.2) is 59.4 Å². The number of pyridine rings is 1. The number of amides is 1. The first kappa shape index (κ1) is 24.8. The summed E-state index contributed by atoms with van der Waals surface area (Å²) in [5, 5.41) is 7.47.